The molecule has 5 aromatic rings. The van der Waals surface area contributed by atoms with Gasteiger partial charge in [-0.25, -0.2) is 4.68 Å². The molecule has 1 atom stereocenters. The minimum atomic E-state index is -1.08. The van der Waals surface area contributed by atoms with Crippen LogP contribution in [-0.2, 0) is 22.7 Å². The number of hydrogen-bond donors (Lipinski definition) is 1. The van der Waals surface area contributed by atoms with Gasteiger partial charge < -0.3 is 14.8 Å². The maximum atomic E-state index is 14.2. The zero-order valence-electron chi connectivity index (χ0n) is 22.2. The number of amides is 2. The summed E-state index contributed by atoms with van der Waals surface area (Å²) >= 11 is 0. The fourth-order valence-electron chi connectivity index (χ4n) is 4.60. The third kappa shape index (κ3) is 5.63. The molecule has 0 radical (unpaired) electrons. The van der Waals surface area contributed by atoms with Gasteiger partial charge in [0.25, 0.3) is 0 Å². The summed E-state index contributed by atoms with van der Waals surface area (Å²) in [6.45, 7) is 0.150. The van der Waals surface area contributed by atoms with E-state index in [2.05, 4.69) is 15.6 Å². The van der Waals surface area contributed by atoms with E-state index < -0.39 is 6.04 Å². The van der Waals surface area contributed by atoms with Gasteiger partial charge in [-0.3, -0.25) is 14.5 Å². The second-order valence-corrected chi connectivity index (χ2v) is 9.05. The minimum Gasteiger partial charge on any atom is -0.497 e. The molecule has 1 heterocycles. The molecule has 1 N–H and O–H groups in total. The van der Waals surface area contributed by atoms with E-state index >= 15 is 0 Å². The number of carbonyl (C=O) groups is 2. The highest BCUT2D eigenvalue weighted by Crippen LogP contribution is 2.36. The Morgan fingerprint density at radius 1 is 0.875 bits per heavy atom. The number of ether oxygens (including phenoxy) is 2. The Bertz CT molecular complexity index is 1600. The summed E-state index contributed by atoms with van der Waals surface area (Å²) in [5.74, 6) is 0.239. The fourth-order valence-corrected chi connectivity index (χ4v) is 4.60. The summed E-state index contributed by atoms with van der Waals surface area (Å²) < 4.78 is 12.7. The molecule has 9 heteroatoms. The third-order valence-electron chi connectivity index (χ3n) is 6.56. The second-order valence-electron chi connectivity index (χ2n) is 9.05. The van der Waals surface area contributed by atoms with Crippen LogP contribution in [-0.4, -0.2) is 41.0 Å². The van der Waals surface area contributed by atoms with Crippen LogP contribution in [0.3, 0.4) is 0 Å². The number of nitrogens with zero attached hydrogens (tertiary/aromatic N) is 4. The van der Waals surface area contributed by atoms with E-state index in [1.807, 2.05) is 72.8 Å². The lowest BCUT2D eigenvalue weighted by atomic mass is 10.0. The van der Waals surface area contributed by atoms with Gasteiger partial charge in [-0.2, -0.15) is 0 Å². The van der Waals surface area contributed by atoms with Crippen LogP contribution in [0.4, 0.5) is 5.69 Å². The summed E-state index contributed by atoms with van der Waals surface area (Å²) in [6, 6.07) is 30.2. The van der Waals surface area contributed by atoms with Gasteiger partial charge in [0.2, 0.25) is 11.8 Å². The van der Waals surface area contributed by atoms with Gasteiger partial charge >= 0.3 is 0 Å². The van der Waals surface area contributed by atoms with Crippen molar-refractivity contribution in [2.45, 2.75) is 19.1 Å². The number of fused-ring (bicyclic) bond motifs is 1. The first kappa shape index (κ1) is 26.4. The SMILES string of the molecule is COc1ccc(OC)c([C@H](C(=O)NCc2ccccc2)N(C(=O)Cn2nnc3ccccc32)c2ccccc2)c1. The smallest absolute Gasteiger partial charge is 0.249 e. The van der Waals surface area contributed by atoms with Crippen molar-refractivity contribution in [3.05, 3.63) is 114 Å². The first-order valence-electron chi connectivity index (χ1n) is 12.8. The first-order valence-corrected chi connectivity index (χ1v) is 12.8. The van der Waals surface area contributed by atoms with Gasteiger partial charge in [0.15, 0.2) is 0 Å². The lowest BCUT2D eigenvalue weighted by Gasteiger charge is -2.32. The van der Waals surface area contributed by atoms with Gasteiger partial charge in [0.05, 0.1) is 19.7 Å². The van der Waals surface area contributed by atoms with E-state index in [1.165, 1.54) is 16.7 Å². The molecule has 5 rings (SSSR count). The van der Waals surface area contributed by atoms with Crippen LogP contribution < -0.4 is 19.7 Å². The predicted molar refractivity (Wildman–Crippen MR) is 152 cm³/mol. The van der Waals surface area contributed by atoms with Crippen LogP contribution >= 0.6 is 0 Å². The largest absolute Gasteiger partial charge is 0.497 e. The van der Waals surface area contributed by atoms with E-state index in [4.69, 9.17) is 9.47 Å². The molecule has 1 aromatic heterocycles. The highest BCUT2D eigenvalue weighted by atomic mass is 16.5. The molecule has 9 nitrogen and oxygen atoms in total. The first-order chi connectivity index (χ1) is 19.6. The molecule has 0 unspecified atom stereocenters. The molecule has 2 amide bonds. The van der Waals surface area contributed by atoms with E-state index in [-0.39, 0.29) is 24.9 Å². The van der Waals surface area contributed by atoms with Crippen molar-refractivity contribution in [2.75, 3.05) is 19.1 Å². The molecule has 0 spiro atoms. The monoisotopic (exact) mass is 535 g/mol. The molecule has 0 aliphatic rings. The molecule has 0 fully saturated rings. The highest BCUT2D eigenvalue weighted by molar-refractivity contribution is 6.02. The van der Waals surface area contributed by atoms with Crippen LogP contribution in [0, 0.1) is 0 Å². The Morgan fingerprint density at radius 3 is 2.30 bits per heavy atom. The average molecular weight is 536 g/mol. The minimum absolute atomic E-state index is 0.135. The number of aromatic nitrogens is 3. The Morgan fingerprint density at radius 2 is 1.57 bits per heavy atom. The van der Waals surface area contributed by atoms with Gasteiger partial charge in [0.1, 0.15) is 29.6 Å². The van der Waals surface area contributed by atoms with Crippen molar-refractivity contribution in [1.82, 2.24) is 20.3 Å². The van der Waals surface area contributed by atoms with Crippen LogP contribution in [0.15, 0.2) is 103 Å². The number of anilines is 1. The molecule has 0 aliphatic carbocycles. The Balaban J connectivity index is 1.60. The van der Waals surface area contributed by atoms with E-state index in [9.17, 15) is 9.59 Å². The van der Waals surface area contributed by atoms with Crippen molar-refractivity contribution in [3.63, 3.8) is 0 Å². The number of methoxy groups -OCH3 is 2. The molecule has 0 saturated heterocycles. The number of carbonyl (C=O) groups excluding carboxylic acids is 2. The molecule has 4 aromatic carbocycles. The zero-order chi connectivity index (χ0) is 27.9. The summed E-state index contributed by atoms with van der Waals surface area (Å²) in [4.78, 5) is 29.8. The third-order valence-corrected chi connectivity index (χ3v) is 6.56. The Labute approximate surface area is 231 Å². The van der Waals surface area contributed by atoms with Crippen LogP contribution in [0.1, 0.15) is 17.2 Å². The molecule has 0 aliphatic heterocycles. The topological polar surface area (TPSA) is 98.6 Å². The van der Waals surface area contributed by atoms with Crippen molar-refractivity contribution in [2.24, 2.45) is 0 Å². The lowest BCUT2D eigenvalue weighted by molar-refractivity contribution is -0.127. The van der Waals surface area contributed by atoms with Gasteiger partial charge in [-0.1, -0.05) is 65.9 Å². The number of nitrogens with one attached hydrogen (secondary N) is 1. The number of hydrogen-bond acceptors (Lipinski definition) is 6. The van der Waals surface area contributed by atoms with Crippen molar-refractivity contribution in [3.8, 4) is 11.5 Å². The summed E-state index contributed by atoms with van der Waals surface area (Å²) in [6.07, 6.45) is 0. The van der Waals surface area contributed by atoms with Crippen molar-refractivity contribution < 1.29 is 19.1 Å². The molecule has 40 heavy (non-hydrogen) atoms. The van der Waals surface area contributed by atoms with Crippen molar-refractivity contribution in [1.29, 1.82) is 0 Å². The van der Waals surface area contributed by atoms with Crippen LogP contribution in [0.25, 0.3) is 11.0 Å². The highest BCUT2D eigenvalue weighted by Gasteiger charge is 2.35. The molecule has 0 bridgehead atoms. The van der Waals surface area contributed by atoms with Crippen LogP contribution in [0.2, 0.25) is 0 Å². The normalized spacial score (nSPS) is 11.6. The summed E-state index contributed by atoms with van der Waals surface area (Å²) in [5, 5.41) is 11.4. The van der Waals surface area contributed by atoms with E-state index in [0.29, 0.717) is 33.8 Å². The standard InChI is InChI=1S/C31H29N5O4/c1-39-24-17-18-28(40-2)25(19-24)30(31(38)32-20-22-11-5-3-6-12-22)36(23-13-7-4-8-14-23)29(37)21-35-27-16-10-9-15-26(27)33-34-35/h3-19,30H,20-21H2,1-2H3,(H,32,38)/t30-/m1/s1. The quantitative estimate of drug-likeness (QED) is 0.282. The summed E-state index contributed by atoms with van der Waals surface area (Å²) in [7, 11) is 3.08. The molecular formula is C31H29N5O4. The second kappa shape index (κ2) is 12.1. The van der Waals surface area contributed by atoms with E-state index in [1.54, 1.807) is 37.4 Å². The fraction of sp³-hybridized carbons (Fsp3) is 0.161. The molecule has 0 saturated carbocycles. The van der Waals surface area contributed by atoms with E-state index in [0.717, 1.165) is 5.56 Å². The predicted octanol–water partition coefficient (Wildman–Crippen LogP) is 4.54. The number of benzene rings is 4. The maximum Gasteiger partial charge on any atom is 0.249 e. The van der Waals surface area contributed by atoms with Crippen molar-refractivity contribution >= 4 is 28.5 Å². The average Bonchev–Trinajstić information content (AvgIpc) is 3.41. The van der Waals surface area contributed by atoms with Gasteiger partial charge in [-0.15, -0.1) is 5.10 Å². The maximum absolute atomic E-state index is 14.2. The number of rotatable bonds is 10. The van der Waals surface area contributed by atoms with Crippen LogP contribution in [0.5, 0.6) is 11.5 Å². The Kier molecular flexibility index (Phi) is 8.01. The lowest BCUT2D eigenvalue weighted by Crippen LogP contribution is -2.45. The molecule has 202 valence electrons. The summed E-state index contributed by atoms with van der Waals surface area (Å²) in [5.41, 5.74) is 3.34. The van der Waals surface area contributed by atoms with Gasteiger partial charge in [0, 0.05) is 17.8 Å². The number of para-hydroxylation sites is 2. The molecular weight excluding hydrogens is 506 g/mol. The van der Waals surface area contributed by atoms with Gasteiger partial charge in [-0.05, 0) is 48.0 Å². The zero-order valence-corrected chi connectivity index (χ0v) is 22.2. The Hall–Kier alpha value is -5.18.